The summed E-state index contributed by atoms with van der Waals surface area (Å²) in [7, 11) is -3.25. The Labute approximate surface area is 125 Å². The molecule has 2 aromatic carbocycles. The highest BCUT2D eigenvalue weighted by atomic mass is 79.9. The minimum absolute atomic E-state index is 0.108. The van der Waals surface area contributed by atoms with Gasteiger partial charge < -0.3 is 5.11 Å². The molecule has 0 aromatic heterocycles. The third kappa shape index (κ3) is 3.68. The van der Waals surface area contributed by atoms with Crippen LogP contribution in [0.15, 0.2) is 56.8 Å². The van der Waals surface area contributed by atoms with Gasteiger partial charge in [-0.3, -0.25) is 4.99 Å². The van der Waals surface area contributed by atoms with E-state index in [1.807, 2.05) is 0 Å². The average Bonchev–Trinajstić information content (AvgIpc) is 2.39. The number of aliphatic imine (C=N–C) groups is 1. The monoisotopic (exact) mass is 353 g/mol. The van der Waals surface area contributed by atoms with Gasteiger partial charge in [-0.15, -0.1) is 0 Å². The molecule has 20 heavy (non-hydrogen) atoms. The van der Waals surface area contributed by atoms with Crippen molar-refractivity contribution in [2.45, 2.75) is 4.90 Å². The number of benzene rings is 2. The van der Waals surface area contributed by atoms with E-state index in [9.17, 15) is 13.5 Å². The molecule has 104 valence electrons. The molecule has 6 heteroatoms. The highest BCUT2D eigenvalue weighted by Crippen LogP contribution is 2.22. The number of halogens is 1. The Kier molecular flexibility index (Phi) is 4.25. The minimum Gasteiger partial charge on any atom is -0.507 e. The second-order valence-corrected chi connectivity index (χ2v) is 7.16. The van der Waals surface area contributed by atoms with E-state index in [2.05, 4.69) is 20.9 Å². The van der Waals surface area contributed by atoms with Crippen LogP contribution in [0.3, 0.4) is 0 Å². The lowest BCUT2D eigenvalue weighted by Crippen LogP contribution is -1.95. The van der Waals surface area contributed by atoms with Crippen LogP contribution in [0.25, 0.3) is 0 Å². The van der Waals surface area contributed by atoms with Crippen molar-refractivity contribution in [3.05, 3.63) is 52.5 Å². The van der Waals surface area contributed by atoms with Gasteiger partial charge >= 0.3 is 0 Å². The molecule has 0 heterocycles. The molecule has 1 N–H and O–H groups in total. The van der Waals surface area contributed by atoms with Crippen molar-refractivity contribution in [2.24, 2.45) is 4.99 Å². The molecule has 0 fully saturated rings. The minimum atomic E-state index is -3.25. The lowest BCUT2D eigenvalue weighted by Gasteiger charge is -2.01. The van der Waals surface area contributed by atoms with Gasteiger partial charge in [0.2, 0.25) is 0 Å². The second kappa shape index (κ2) is 5.76. The van der Waals surface area contributed by atoms with Gasteiger partial charge in [0.15, 0.2) is 9.84 Å². The summed E-state index contributed by atoms with van der Waals surface area (Å²) >= 11 is 3.31. The van der Waals surface area contributed by atoms with E-state index >= 15 is 0 Å². The van der Waals surface area contributed by atoms with Crippen LogP contribution in [-0.4, -0.2) is 26.0 Å². The summed E-state index contributed by atoms with van der Waals surface area (Å²) in [5.41, 5.74) is 1.05. The zero-order valence-corrected chi connectivity index (χ0v) is 13.0. The molecule has 0 saturated heterocycles. The molecule has 0 aliphatic heterocycles. The first kappa shape index (κ1) is 14.7. The van der Waals surface area contributed by atoms with Gasteiger partial charge in [-0.25, -0.2) is 8.42 Å². The van der Waals surface area contributed by atoms with Crippen molar-refractivity contribution in [3.63, 3.8) is 0 Å². The number of nitrogens with zero attached hydrogens (tertiary/aromatic N) is 1. The highest BCUT2D eigenvalue weighted by Gasteiger charge is 2.06. The largest absolute Gasteiger partial charge is 0.507 e. The van der Waals surface area contributed by atoms with E-state index in [0.717, 1.165) is 10.7 Å². The van der Waals surface area contributed by atoms with Crippen molar-refractivity contribution in [2.75, 3.05) is 6.26 Å². The van der Waals surface area contributed by atoms with E-state index < -0.39 is 9.84 Å². The molecule has 0 amide bonds. The van der Waals surface area contributed by atoms with Crippen molar-refractivity contribution >= 4 is 37.7 Å². The van der Waals surface area contributed by atoms with Crippen molar-refractivity contribution in [1.82, 2.24) is 0 Å². The quantitative estimate of drug-likeness (QED) is 0.860. The summed E-state index contributed by atoms with van der Waals surface area (Å²) in [6.07, 6.45) is 2.64. The van der Waals surface area contributed by atoms with Gasteiger partial charge in [-0.05, 0) is 36.4 Å². The molecular weight excluding hydrogens is 342 g/mol. The maximum absolute atomic E-state index is 11.5. The number of rotatable bonds is 3. The third-order valence-corrected chi connectivity index (χ3v) is 4.19. The Hall–Kier alpha value is -1.66. The van der Waals surface area contributed by atoms with Gasteiger partial charge in [0.05, 0.1) is 10.6 Å². The number of hydrogen-bond donors (Lipinski definition) is 1. The van der Waals surface area contributed by atoms with Gasteiger partial charge in [0.1, 0.15) is 5.75 Å². The molecule has 0 radical (unpaired) electrons. The molecule has 0 aliphatic rings. The van der Waals surface area contributed by atoms with Crippen LogP contribution in [0.4, 0.5) is 5.69 Å². The zero-order chi connectivity index (χ0) is 14.8. The number of phenols is 1. The van der Waals surface area contributed by atoms with E-state index in [-0.39, 0.29) is 10.6 Å². The summed E-state index contributed by atoms with van der Waals surface area (Å²) in [6.45, 7) is 0. The maximum Gasteiger partial charge on any atom is 0.175 e. The van der Waals surface area contributed by atoms with Crippen LogP contribution in [0.2, 0.25) is 0 Å². The molecule has 0 bridgehead atoms. The van der Waals surface area contributed by atoms with Crippen molar-refractivity contribution < 1.29 is 13.5 Å². The Morgan fingerprint density at radius 3 is 2.65 bits per heavy atom. The molecule has 4 nitrogen and oxygen atoms in total. The Morgan fingerprint density at radius 1 is 1.20 bits per heavy atom. The molecular formula is C14H12BrNO3S. The fraction of sp³-hybridized carbons (Fsp3) is 0.0714. The molecule has 0 atom stereocenters. The van der Waals surface area contributed by atoms with Crippen LogP contribution in [0.5, 0.6) is 5.75 Å². The SMILES string of the molecule is CS(=O)(=O)c1cccc(N=Cc2cc(Br)ccc2O)c1. The molecule has 0 unspecified atom stereocenters. The van der Waals surface area contributed by atoms with Crippen LogP contribution in [0, 0.1) is 0 Å². The first-order chi connectivity index (χ1) is 9.36. The fourth-order valence-electron chi connectivity index (χ4n) is 1.57. The fourth-order valence-corrected chi connectivity index (χ4v) is 2.61. The summed E-state index contributed by atoms with van der Waals surface area (Å²) < 4.78 is 23.7. The van der Waals surface area contributed by atoms with Crippen LogP contribution >= 0.6 is 15.9 Å². The lowest BCUT2D eigenvalue weighted by molar-refractivity contribution is 0.474. The predicted octanol–water partition coefficient (Wildman–Crippen LogP) is 3.31. The molecule has 0 spiro atoms. The molecule has 2 rings (SSSR count). The first-order valence-electron chi connectivity index (χ1n) is 5.69. The van der Waals surface area contributed by atoms with Crippen LogP contribution in [-0.2, 0) is 9.84 Å². The van der Waals surface area contributed by atoms with E-state index in [1.54, 1.807) is 30.3 Å². The van der Waals surface area contributed by atoms with E-state index in [4.69, 9.17) is 0 Å². The van der Waals surface area contributed by atoms with E-state index in [1.165, 1.54) is 18.3 Å². The molecule has 0 saturated carbocycles. The van der Waals surface area contributed by atoms with Crippen LogP contribution in [0.1, 0.15) is 5.56 Å². The second-order valence-electron chi connectivity index (χ2n) is 4.23. The van der Waals surface area contributed by atoms with Gasteiger partial charge in [0, 0.05) is 22.5 Å². The lowest BCUT2D eigenvalue weighted by atomic mass is 10.2. The summed E-state index contributed by atoms with van der Waals surface area (Å²) in [6, 6.07) is 11.3. The Morgan fingerprint density at radius 2 is 1.95 bits per heavy atom. The predicted molar refractivity (Wildman–Crippen MR) is 82.6 cm³/mol. The first-order valence-corrected chi connectivity index (χ1v) is 8.37. The van der Waals surface area contributed by atoms with Crippen molar-refractivity contribution in [1.29, 1.82) is 0 Å². The number of sulfone groups is 1. The highest BCUT2D eigenvalue weighted by molar-refractivity contribution is 9.10. The number of aromatic hydroxyl groups is 1. The van der Waals surface area contributed by atoms with E-state index in [0.29, 0.717) is 11.3 Å². The summed E-state index contributed by atoms with van der Waals surface area (Å²) in [5.74, 6) is 0.108. The Balaban J connectivity index is 2.35. The summed E-state index contributed by atoms with van der Waals surface area (Å²) in [5, 5.41) is 9.69. The average molecular weight is 354 g/mol. The summed E-state index contributed by atoms with van der Waals surface area (Å²) in [4.78, 5) is 4.40. The molecule has 2 aromatic rings. The zero-order valence-electron chi connectivity index (χ0n) is 10.6. The topological polar surface area (TPSA) is 66.7 Å². The van der Waals surface area contributed by atoms with Crippen molar-refractivity contribution in [3.8, 4) is 5.75 Å². The third-order valence-electron chi connectivity index (χ3n) is 2.59. The number of phenolic OH excluding ortho intramolecular Hbond substituents is 1. The van der Waals surface area contributed by atoms with Gasteiger partial charge in [-0.1, -0.05) is 22.0 Å². The smallest absolute Gasteiger partial charge is 0.175 e. The van der Waals surface area contributed by atoms with Gasteiger partial charge in [-0.2, -0.15) is 0 Å². The van der Waals surface area contributed by atoms with Crippen LogP contribution < -0.4 is 0 Å². The maximum atomic E-state index is 11.5. The van der Waals surface area contributed by atoms with Gasteiger partial charge in [0.25, 0.3) is 0 Å². The standard InChI is InChI=1S/C14H12BrNO3S/c1-20(18,19)13-4-2-3-12(8-13)16-9-10-7-11(15)5-6-14(10)17/h2-9,17H,1H3. The Bertz CT molecular complexity index is 770. The normalized spacial score (nSPS) is 11.9. The number of hydrogen-bond acceptors (Lipinski definition) is 4. The molecule has 0 aliphatic carbocycles.